The zero-order chi connectivity index (χ0) is 18.8. The maximum atomic E-state index is 12.3. The van der Waals surface area contributed by atoms with Crippen molar-refractivity contribution in [1.82, 2.24) is 0 Å². The van der Waals surface area contributed by atoms with Crippen LogP contribution in [0.25, 0.3) is 0 Å². The molecule has 26 heavy (non-hydrogen) atoms. The van der Waals surface area contributed by atoms with Crippen molar-refractivity contribution in [2.45, 2.75) is 46.0 Å². The van der Waals surface area contributed by atoms with Crippen LogP contribution in [-0.4, -0.2) is 18.5 Å². The second-order valence-corrected chi connectivity index (χ2v) is 6.29. The highest BCUT2D eigenvalue weighted by atomic mass is 16.5. The molecule has 2 aromatic rings. The third-order valence-corrected chi connectivity index (χ3v) is 4.11. The predicted octanol–water partition coefficient (Wildman–Crippen LogP) is 5.34. The van der Waals surface area contributed by atoms with Crippen molar-refractivity contribution in [2.75, 3.05) is 6.61 Å². The van der Waals surface area contributed by atoms with Gasteiger partial charge in [-0.2, -0.15) is 0 Å². The van der Waals surface area contributed by atoms with Crippen molar-refractivity contribution in [3.8, 4) is 5.75 Å². The van der Waals surface area contributed by atoms with Crippen molar-refractivity contribution < 1.29 is 19.1 Å². The molecule has 2 aromatic carbocycles. The number of esters is 2. The minimum atomic E-state index is -0.492. The lowest BCUT2D eigenvalue weighted by atomic mass is 10.1. The molecule has 0 heterocycles. The Balaban J connectivity index is 1.91. The van der Waals surface area contributed by atoms with Crippen LogP contribution in [0.4, 0.5) is 0 Å². The van der Waals surface area contributed by atoms with Gasteiger partial charge in [-0.25, -0.2) is 9.59 Å². The van der Waals surface area contributed by atoms with E-state index in [0.29, 0.717) is 23.5 Å². The average Bonchev–Trinajstić information content (AvgIpc) is 2.66. The maximum Gasteiger partial charge on any atom is 0.343 e. The van der Waals surface area contributed by atoms with E-state index in [2.05, 4.69) is 6.92 Å². The van der Waals surface area contributed by atoms with Gasteiger partial charge >= 0.3 is 11.9 Å². The summed E-state index contributed by atoms with van der Waals surface area (Å²) in [6.07, 6.45) is 5.48. The summed E-state index contributed by atoms with van der Waals surface area (Å²) in [5.41, 5.74) is 1.56. The molecule has 0 aliphatic carbocycles. The number of hydrogen-bond donors (Lipinski definition) is 0. The Morgan fingerprint density at radius 3 is 2.27 bits per heavy atom. The van der Waals surface area contributed by atoms with E-state index in [-0.39, 0.29) is 0 Å². The Bertz CT molecular complexity index is 736. The zero-order valence-corrected chi connectivity index (χ0v) is 15.5. The van der Waals surface area contributed by atoms with Gasteiger partial charge in [0.05, 0.1) is 17.7 Å². The van der Waals surface area contributed by atoms with Crippen molar-refractivity contribution in [2.24, 2.45) is 0 Å². The van der Waals surface area contributed by atoms with Gasteiger partial charge in [0.15, 0.2) is 0 Å². The van der Waals surface area contributed by atoms with Gasteiger partial charge in [0.1, 0.15) is 5.75 Å². The van der Waals surface area contributed by atoms with Crippen molar-refractivity contribution in [3.63, 3.8) is 0 Å². The molecular weight excluding hydrogens is 328 g/mol. The third kappa shape index (κ3) is 6.03. The second-order valence-electron chi connectivity index (χ2n) is 6.29. The summed E-state index contributed by atoms with van der Waals surface area (Å²) < 4.78 is 10.7. The van der Waals surface area contributed by atoms with E-state index in [1.807, 2.05) is 25.1 Å². The minimum absolute atomic E-state index is 0.325. The first kappa shape index (κ1) is 19.7. The van der Waals surface area contributed by atoms with E-state index >= 15 is 0 Å². The quantitative estimate of drug-likeness (QED) is 0.346. The number of hydrogen-bond acceptors (Lipinski definition) is 4. The molecule has 0 spiro atoms. The molecule has 0 N–H and O–H groups in total. The highest BCUT2D eigenvalue weighted by Gasteiger charge is 2.14. The smallest absolute Gasteiger partial charge is 0.343 e. The summed E-state index contributed by atoms with van der Waals surface area (Å²) in [5, 5.41) is 0. The number of unbranched alkanes of at least 4 members (excludes halogenated alkanes) is 4. The normalized spacial score (nSPS) is 10.4. The molecule has 4 nitrogen and oxygen atoms in total. The molecule has 2 rings (SSSR count). The fraction of sp³-hybridized carbons (Fsp3) is 0.364. The van der Waals surface area contributed by atoms with Crippen LogP contribution >= 0.6 is 0 Å². The Morgan fingerprint density at radius 1 is 0.846 bits per heavy atom. The van der Waals surface area contributed by atoms with Gasteiger partial charge in [-0.15, -0.1) is 0 Å². The van der Waals surface area contributed by atoms with Gasteiger partial charge in [0.2, 0.25) is 0 Å². The van der Waals surface area contributed by atoms with E-state index in [9.17, 15) is 9.59 Å². The number of benzene rings is 2. The molecular formula is C22H26O4. The van der Waals surface area contributed by atoms with Gasteiger partial charge in [0, 0.05) is 0 Å². The van der Waals surface area contributed by atoms with Gasteiger partial charge in [-0.05, 0) is 43.2 Å². The molecule has 0 aliphatic rings. The van der Waals surface area contributed by atoms with Crippen LogP contribution in [0.5, 0.6) is 5.75 Å². The number of aryl methyl sites for hydroxylation is 1. The number of para-hydroxylation sites is 1. The van der Waals surface area contributed by atoms with Crippen LogP contribution < -0.4 is 4.74 Å². The lowest BCUT2D eigenvalue weighted by Gasteiger charge is -2.08. The van der Waals surface area contributed by atoms with Crippen LogP contribution in [0.2, 0.25) is 0 Å². The highest BCUT2D eigenvalue weighted by molar-refractivity contribution is 5.96. The topological polar surface area (TPSA) is 52.6 Å². The van der Waals surface area contributed by atoms with Crippen LogP contribution in [0, 0.1) is 6.92 Å². The Labute approximate surface area is 155 Å². The third-order valence-electron chi connectivity index (χ3n) is 4.11. The maximum absolute atomic E-state index is 12.3. The molecule has 0 radical (unpaired) electrons. The standard InChI is InChI=1S/C22H26O4/c1-3-4-5-6-9-15-25-21(23)18-12-10-13-19(16-18)22(24)26-20-14-8-7-11-17(20)2/h7-8,10-14,16H,3-6,9,15H2,1-2H3. The van der Waals surface area contributed by atoms with E-state index in [4.69, 9.17) is 9.47 Å². The second kappa shape index (κ2) is 10.4. The van der Waals surface area contributed by atoms with E-state index in [1.54, 1.807) is 24.3 Å². The molecule has 0 aliphatic heterocycles. The fourth-order valence-electron chi connectivity index (χ4n) is 2.56. The molecule has 138 valence electrons. The van der Waals surface area contributed by atoms with Crippen molar-refractivity contribution in [3.05, 3.63) is 65.2 Å². The van der Waals surface area contributed by atoms with Gasteiger partial charge in [-0.3, -0.25) is 0 Å². The van der Waals surface area contributed by atoms with Crippen LogP contribution in [0.3, 0.4) is 0 Å². The Morgan fingerprint density at radius 2 is 1.54 bits per heavy atom. The van der Waals surface area contributed by atoms with Gasteiger partial charge in [0.25, 0.3) is 0 Å². The lowest BCUT2D eigenvalue weighted by Crippen LogP contribution is -2.12. The van der Waals surface area contributed by atoms with Crippen LogP contribution in [0.1, 0.15) is 65.3 Å². The first-order valence-electron chi connectivity index (χ1n) is 9.17. The predicted molar refractivity (Wildman–Crippen MR) is 102 cm³/mol. The lowest BCUT2D eigenvalue weighted by molar-refractivity contribution is 0.0497. The molecule has 0 unspecified atom stereocenters. The summed E-state index contributed by atoms with van der Waals surface area (Å²) in [7, 11) is 0. The number of ether oxygens (including phenoxy) is 2. The Hall–Kier alpha value is -2.62. The number of carbonyl (C=O) groups is 2. The molecule has 0 saturated carbocycles. The SMILES string of the molecule is CCCCCCCOC(=O)c1cccc(C(=O)Oc2ccccc2C)c1. The minimum Gasteiger partial charge on any atom is -0.462 e. The van der Waals surface area contributed by atoms with E-state index in [0.717, 1.165) is 24.8 Å². The Kier molecular flexibility index (Phi) is 7.87. The van der Waals surface area contributed by atoms with Crippen LogP contribution in [0.15, 0.2) is 48.5 Å². The summed E-state index contributed by atoms with van der Waals surface area (Å²) in [5.74, 6) is -0.392. The monoisotopic (exact) mass is 354 g/mol. The molecule has 4 heteroatoms. The summed E-state index contributed by atoms with van der Waals surface area (Å²) in [4.78, 5) is 24.5. The summed E-state index contributed by atoms with van der Waals surface area (Å²) in [6.45, 7) is 4.44. The zero-order valence-electron chi connectivity index (χ0n) is 15.5. The molecule has 0 saturated heterocycles. The molecule has 0 aromatic heterocycles. The molecule has 0 fully saturated rings. The molecule has 0 bridgehead atoms. The number of carbonyl (C=O) groups excluding carboxylic acids is 2. The molecule has 0 amide bonds. The molecule has 0 atom stereocenters. The van der Waals surface area contributed by atoms with Crippen LogP contribution in [-0.2, 0) is 4.74 Å². The van der Waals surface area contributed by atoms with Gasteiger partial charge < -0.3 is 9.47 Å². The summed E-state index contributed by atoms with van der Waals surface area (Å²) >= 11 is 0. The van der Waals surface area contributed by atoms with Crippen molar-refractivity contribution in [1.29, 1.82) is 0 Å². The first-order valence-corrected chi connectivity index (χ1v) is 9.17. The highest BCUT2D eigenvalue weighted by Crippen LogP contribution is 2.18. The first-order chi connectivity index (χ1) is 12.6. The van der Waals surface area contributed by atoms with E-state index in [1.165, 1.54) is 18.9 Å². The summed E-state index contributed by atoms with van der Waals surface area (Å²) in [6, 6.07) is 13.7. The largest absolute Gasteiger partial charge is 0.462 e. The fourth-order valence-corrected chi connectivity index (χ4v) is 2.56. The van der Waals surface area contributed by atoms with E-state index < -0.39 is 11.9 Å². The number of rotatable bonds is 9. The average molecular weight is 354 g/mol. The van der Waals surface area contributed by atoms with Gasteiger partial charge in [-0.1, -0.05) is 56.9 Å². The van der Waals surface area contributed by atoms with Crippen molar-refractivity contribution >= 4 is 11.9 Å².